The number of hydrogen-bond acceptors (Lipinski definition) is 3. The second-order valence-electron chi connectivity index (χ2n) is 5.70. The molecule has 0 unspecified atom stereocenters. The minimum Gasteiger partial charge on any atom is -0.497 e. The van der Waals surface area contributed by atoms with Crippen LogP contribution >= 0.6 is 0 Å². The average molecular weight is 393 g/mol. The van der Waals surface area contributed by atoms with Crippen LogP contribution in [-0.4, -0.2) is 14.2 Å². The van der Waals surface area contributed by atoms with Crippen molar-refractivity contribution < 1.29 is 35.8 Å². The van der Waals surface area contributed by atoms with Crippen molar-refractivity contribution in [3.63, 3.8) is 0 Å². The normalized spacial score (nSPS) is 12.1. The van der Waals surface area contributed by atoms with Gasteiger partial charge in [-0.1, -0.05) is 6.07 Å². The van der Waals surface area contributed by atoms with Crippen LogP contribution in [0.15, 0.2) is 36.4 Å². The third-order valence-electron chi connectivity index (χ3n) is 3.79. The van der Waals surface area contributed by atoms with Gasteiger partial charge >= 0.3 is 12.4 Å². The molecule has 0 saturated heterocycles. The predicted molar refractivity (Wildman–Crippen MR) is 86.5 cm³/mol. The number of methoxy groups -OCH3 is 2. The fourth-order valence-electron chi connectivity index (χ4n) is 2.46. The second kappa shape index (κ2) is 8.08. The van der Waals surface area contributed by atoms with Crippen molar-refractivity contribution >= 4 is 0 Å². The van der Waals surface area contributed by atoms with E-state index in [0.29, 0.717) is 29.2 Å². The first-order valence-electron chi connectivity index (χ1n) is 7.74. The van der Waals surface area contributed by atoms with Gasteiger partial charge in [0.1, 0.15) is 11.5 Å². The van der Waals surface area contributed by atoms with E-state index in [1.807, 2.05) is 0 Å². The van der Waals surface area contributed by atoms with Gasteiger partial charge < -0.3 is 14.8 Å². The summed E-state index contributed by atoms with van der Waals surface area (Å²) in [6, 6.07) is 6.50. The Morgan fingerprint density at radius 1 is 0.778 bits per heavy atom. The number of alkyl halides is 6. The lowest BCUT2D eigenvalue weighted by Crippen LogP contribution is -2.16. The van der Waals surface area contributed by atoms with E-state index in [4.69, 9.17) is 9.47 Å². The molecule has 2 rings (SSSR count). The van der Waals surface area contributed by atoms with Gasteiger partial charge in [-0.2, -0.15) is 26.3 Å². The Labute approximate surface area is 151 Å². The molecule has 0 bridgehead atoms. The molecule has 0 aliphatic heterocycles. The number of rotatable bonds is 6. The van der Waals surface area contributed by atoms with Crippen LogP contribution in [0.3, 0.4) is 0 Å². The Bertz CT molecular complexity index is 754. The van der Waals surface area contributed by atoms with Crippen molar-refractivity contribution in [2.45, 2.75) is 25.4 Å². The molecule has 0 spiro atoms. The van der Waals surface area contributed by atoms with Crippen LogP contribution in [-0.2, 0) is 25.4 Å². The summed E-state index contributed by atoms with van der Waals surface area (Å²) >= 11 is 0. The van der Waals surface area contributed by atoms with Gasteiger partial charge in [-0.25, -0.2) is 0 Å². The molecule has 1 N–H and O–H groups in total. The van der Waals surface area contributed by atoms with Gasteiger partial charge in [0.25, 0.3) is 0 Å². The van der Waals surface area contributed by atoms with E-state index in [1.54, 1.807) is 18.2 Å². The molecule has 148 valence electrons. The summed E-state index contributed by atoms with van der Waals surface area (Å²) in [5.41, 5.74) is -2.11. The molecule has 0 heterocycles. The van der Waals surface area contributed by atoms with Crippen molar-refractivity contribution in [1.82, 2.24) is 5.32 Å². The van der Waals surface area contributed by atoms with Gasteiger partial charge in [-0.15, -0.1) is 0 Å². The Morgan fingerprint density at radius 3 is 1.85 bits per heavy atom. The number of nitrogens with one attached hydrogen (secondary N) is 1. The van der Waals surface area contributed by atoms with Gasteiger partial charge in [-0.3, -0.25) is 0 Å². The molecular formula is C18H17F6NO2. The molecule has 0 atom stereocenters. The minimum atomic E-state index is -4.87. The van der Waals surface area contributed by atoms with E-state index in [9.17, 15) is 26.3 Å². The third kappa shape index (κ3) is 5.53. The molecular weight excluding hydrogens is 376 g/mol. The van der Waals surface area contributed by atoms with Crippen LogP contribution in [0.2, 0.25) is 0 Å². The monoisotopic (exact) mass is 393 g/mol. The van der Waals surface area contributed by atoms with Crippen LogP contribution in [0.25, 0.3) is 0 Å². The third-order valence-corrected chi connectivity index (χ3v) is 3.79. The maximum Gasteiger partial charge on any atom is 0.416 e. The van der Waals surface area contributed by atoms with Crippen LogP contribution in [0.4, 0.5) is 26.3 Å². The quantitative estimate of drug-likeness (QED) is 0.699. The maximum absolute atomic E-state index is 12.9. The molecule has 0 radical (unpaired) electrons. The van der Waals surface area contributed by atoms with Gasteiger partial charge in [0.15, 0.2) is 0 Å². The highest BCUT2D eigenvalue weighted by Crippen LogP contribution is 2.36. The average Bonchev–Trinajstić information content (AvgIpc) is 2.60. The van der Waals surface area contributed by atoms with Crippen molar-refractivity contribution in [3.05, 3.63) is 58.7 Å². The molecule has 0 aliphatic rings. The molecule has 0 aromatic heterocycles. The number of hydrogen-bond donors (Lipinski definition) is 1. The van der Waals surface area contributed by atoms with E-state index in [-0.39, 0.29) is 24.7 Å². The summed E-state index contributed by atoms with van der Waals surface area (Å²) < 4.78 is 87.5. The summed E-state index contributed by atoms with van der Waals surface area (Å²) in [6.45, 7) is 0.00689. The lowest BCUT2D eigenvalue weighted by molar-refractivity contribution is -0.143. The zero-order chi connectivity index (χ0) is 20.2. The van der Waals surface area contributed by atoms with Crippen molar-refractivity contribution in [1.29, 1.82) is 0 Å². The van der Waals surface area contributed by atoms with Crippen molar-refractivity contribution in [3.8, 4) is 11.5 Å². The van der Waals surface area contributed by atoms with Crippen LogP contribution < -0.4 is 14.8 Å². The summed E-state index contributed by atoms with van der Waals surface area (Å²) in [5, 5.41) is 2.83. The zero-order valence-electron chi connectivity index (χ0n) is 14.5. The highest BCUT2D eigenvalue weighted by atomic mass is 19.4. The molecule has 2 aromatic rings. The van der Waals surface area contributed by atoms with Crippen LogP contribution in [0, 0.1) is 0 Å². The van der Waals surface area contributed by atoms with Crippen LogP contribution in [0.1, 0.15) is 22.3 Å². The van der Waals surface area contributed by atoms with E-state index in [1.165, 1.54) is 14.2 Å². The molecule has 9 heteroatoms. The molecule has 0 fully saturated rings. The Balaban J connectivity index is 2.18. The van der Waals surface area contributed by atoms with Gasteiger partial charge in [-0.05, 0) is 29.8 Å². The summed E-state index contributed by atoms with van der Waals surface area (Å²) in [5.74, 6) is 1.05. The standard InChI is InChI=1S/C18H17F6NO2/c1-26-15-4-3-12(16(8-15)27-2)10-25-9-11-5-13(17(19,20)21)7-14(6-11)18(22,23)24/h3-8,25H,9-10H2,1-2H3. The molecule has 0 aliphatic carbocycles. The van der Waals surface area contributed by atoms with E-state index < -0.39 is 23.5 Å². The Kier molecular flexibility index (Phi) is 6.25. The minimum absolute atomic E-state index is 0.107. The number of ether oxygens (including phenoxy) is 2. The Hall–Kier alpha value is -2.42. The fraction of sp³-hybridized carbons (Fsp3) is 0.333. The molecule has 27 heavy (non-hydrogen) atoms. The lowest BCUT2D eigenvalue weighted by atomic mass is 10.0. The van der Waals surface area contributed by atoms with Gasteiger partial charge in [0.05, 0.1) is 25.3 Å². The highest BCUT2D eigenvalue weighted by molar-refractivity contribution is 5.40. The van der Waals surface area contributed by atoms with E-state index >= 15 is 0 Å². The van der Waals surface area contributed by atoms with Crippen molar-refractivity contribution in [2.24, 2.45) is 0 Å². The fourth-order valence-corrected chi connectivity index (χ4v) is 2.46. The topological polar surface area (TPSA) is 30.5 Å². The summed E-state index contributed by atoms with van der Waals surface area (Å²) in [6.07, 6.45) is -9.73. The first-order valence-corrected chi connectivity index (χ1v) is 7.74. The smallest absolute Gasteiger partial charge is 0.416 e. The SMILES string of the molecule is COc1ccc(CNCc2cc(C(F)(F)F)cc(C(F)(F)F)c2)c(OC)c1. The van der Waals surface area contributed by atoms with Crippen LogP contribution in [0.5, 0.6) is 11.5 Å². The Morgan fingerprint density at radius 2 is 1.37 bits per heavy atom. The molecule has 0 amide bonds. The lowest BCUT2D eigenvalue weighted by Gasteiger charge is -2.15. The largest absolute Gasteiger partial charge is 0.497 e. The maximum atomic E-state index is 12.9. The molecule has 2 aromatic carbocycles. The highest BCUT2D eigenvalue weighted by Gasteiger charge is 2.36. The van der Waals surface area contributed by atoms with E-state index in [0.717, 1.165) is 0 Å². The van der Waals surface area contributed by atoms with Gasteiger partial charge in [0, 0.05) is 24.7 Å². The first-order chi connectivity index (χ1) is 12.5. The predicted octanol–water partition coefficient (Wildman–Crippen LogP) is 5.03. The van der Waals surface area contributed by atoms with Crippen molar-refractivity contribution in [2.75, 3.05) is 14.2 Å². The zero-order valence-corrected chi connectivity index (χ0v) is 14.5. The summed E-state index contributed by atoms with van der Waals surface area (Å²) in [4.78, 5) is 0. The van der Waals surface area contributed by atoms with Gasteiger partial charge in [0.2, 0.25) is 0 Å². The molecule has 3 nitrogen and oxygen atoms in total. The van der Waals surface area contributed by atoms with E-state index in [2.05, 4.69) is 5.32 Å². The second-order valence-corrected chi connectivity index (χ2v) is 5.70. The number of benzene rings is 2. The number of halogens is 6. The summed E-state index contributed by atoms with van der Waals surface area (Å²) in [7, 11) is 2.93. The molecule has 0 saturated carbocycles. The first kappa shape index (κ1) is 20.9.